The third-order valence-corrected chi connectivity index (χ3v) is 5.77. The summed E-state index contributed by atoms with van der Waals surface area (Å²) < 4.78 is 0. The lowest BCUT2D eigenvalue weighted by atomic mass is 10.1. The highest BCUT2D eigenvalue weighted by Gasteiger charge is 2.20. The summed E-state index contributed by atoms with van der Waals surface area (Å²) in [5, 5.41) is 6.79. The molecule has 1 saturated heterocycles. The van der Waals surface area contributed by atoms with Gasteiger partial charge in [-0.25, -0.2) is 0 Å². The number of aryl methyl sites for hydroxylation is 1. The quantitative estimate of drug-likeness (QED) is 0.262. The molecule has 34 heavy (non-hydrogen) atoms. The first-order valence-corrected chi connectivity index (χ1v) is 12.2. The fourth-order valence-corrected chi connectivity index (χ4v) is 4.20. The van der Waals surface area contributed by atoms with Crippen LogP contribution in [0.15, 0.2) is 66.4 Å². The van der Waals surface area contributed by atoms with Gasteiger partial charge in [-0.2, -0.15) is 15.0 Å². The van der Waals surface area contributed by atoms with Gasteiger partial charge in [-0.05, 0) is 63.7 Å². The lowest BCUT2D eigenvalue weighted by molar-refractivity contribution is 0.574. The minimum absolute atomic E-state index is 0.630. The molecule has 0 amide bonds. The molecule has 1 aliphatic heterocycles. The van der Waals surface area contributed by atoms with Crippen LogP contribution in [0.1, 0.15) is 45.1 Å². The van der Waals surface area contributed by atoms with Crippen molar-refractivity contribution in [2.75, 3.05) is 35.2 Å². The van der Waals surface area contributed by atoms with E-state index in [-0.39, 0.29) is 0 Å². The van der Waals surface area contributed by atoms with Crippen molar-refractivity contribution >= 4 is 28.9 Å². The molecule has 1 aromatic carbocycles. The summed E-state index contributed by atoms with van der Waals surface area (Å²) in [4.78, 5) is 20.1. The first-order chi connectivity index (χ1) is 16.6. The van der Waals surface area contributed by atoms with Gasteiger partial charge in [-0.15, -0.1) is 0 Å². The minimum atomic E-state index is 0.630. The Hall–Kier alpha value is -3.61. The number of hydrogen-bond acceptors (Lipinski definition) is 6. The van der Waals surface area contributed by atoms with E-state index >= 15 is 0 Å². The van der Waals surface area contributed by atoms with Crippen LogP contribution in [0.2, 0.25) is 0 Å². The first-order valence-electron chi connectivity index (χ1n) is 12.2. The molecule has 2 aromatic heterocycles. The van der Waals surface area contributed by atoms with Gasteiger partial charge in [0.1, 0.15) is 5.52 Å². The van der Waals surface area contributed by atoms with E-state index in [2.05, 4.69) is 57.4 Å². The number of aromatic amines is 1. The zero-order chi connectivity index (χ0) is 23.8. The van der Waals surface area contributed by atoms with Crippen LogP contribution in [-0.4, -0.2) is 39.6 Å². The van der Waals surface area contributed by atoms with Crippen molar-refractivity contribution in [1.82, 2.24) is 19.9 Å². The van der Waals surface area contributed by atoms with Crippen molar-refractivity contribution in [1.29, 1.82) is 0 Å². The Kier molecular flexibility index (Phi) is 7.96. The summed E-state index contributed by atoms with van der Waals surface area (Å²) in [5.74, 6) is 2.20. The van der Waals surface area contributed by atoms with Gasteiger partial charge in [-0.1, -0.05) is 48.6 Å². The van der Waals surface area contributed by atoms with Crippen molar-refractivity contribution in [3.05, 3.63) is 72.0 Å². The highest BCUT2D eigenvalue weighted by Crippen LogP contribution is 2.28. The molecule has 0 aliphatic carbocycles. The number of nitrogens with zero attached hydrogens (tertiary/aromatic N) is 4. The van der Waals surface area contributed by atoms with Crippen molar-refractivity contribution in [3.8, 4) is 0 Å². The first kappa shape index (κ1) is 23.5. The molecule has 0 spiro atoms. The number of hydrogen-bond donors (Lipinski definition) is 3. The maximum absolute atomic E-state index is 4.91. The fourth-order valence-electron chi connectivity index (χ4n) is 4.20. The molecular formula is C27H35N7. The second-order valence-electron chi connectivity index (χ2n) is 8.79. The Morgan fingerprint density at radius 1 is 1.12 bits per heavy atom. The molecule has 0 atom stereocenters. The number of allylic oxidation sites excluding steroid dienone is 4. The zero-order valence-electron chi connectivity index (χ0n) is 20.3. The largest absolute Gasteiger partial charge is 0.355 e. The Morgan fingerprint density at radius 3 is 2.65 bits per heavy atom. The molecule has 3 N–H and O–H groups in total. The van der Waals surface area contributed by atoms with Crippen LogP contribution in [0.3, 0.4) is 0 Å². The Balaban J connectivity index is 1.56. The van der Waals surface area contributed by atoms with Crippen molar-refractivity contribution in [2.45, 2.75) is 46.0 Å². The lowest BCUT2D eigenvalue weighted by Crippen LogP contribution is -2.30. The third kappa shape index (κ3) is 6.25. The van der Waals surface area contributed by atoms with E-state index in [1.165, 1.54) is 24.8 Å². The minimum Gasteiger partial charge on any atom is -0.355 e. The fraction of sp³-hybridized carbons (Fsp3) is 0.370. The van der Waals surface area contributed by atoms with Gasteiger partial charge < -0.3 is 20.5 Å². The van der Waals surface area contributed by atoms with Gasteiger partial charge in [0.25, 0.3) is 0 Å². The normalized spacial score (nSPS) is 14.6. The van der Waals surface area contributed by atoms with Gasteiger partial charge in [0, 0.05) is 25.3 Å². The number of anilines is 3. The number of H-pyrrole nitrogens is 1. The average Bonchev–Trinajstić information content (AvgIpc) is 3.24. The Morgan fingerprint density at radius 2 is 1.91 bits per heavy atom. The van der Waals surface area contributed by atoms with Gasteiger partial charge in [0.15, 0.2) is 11.5 Å². The second-order valence-corrected chi connectivity index (χ2v) is 8.79. The van der Waals surface area contributed by atoms with E-state index in [1.54, 1.807) is 0 Å². The summed E-state index contributed by atoms with van der Waals surface area (Å²) in [7, 11) is 0. The molecule has 3 heterocycles. The van der Waals surface area contributed by atoms with E-state index in [4.69, 9.17) is 15.0 Å². The molecular weight excluding hydrogens is 422 g/mol. The highest BCUT2D eigenvalue weighted by molar-refractivity contribution is 5.86. The maximum Gasteiger partial charge on any atom is 0.226 e. The van der Waals surface area contributed by atoms with Crippen LogP contribution in [0.25, 0.3) is 11.2 Å². The molecule has 4 rings (SSSR count). The van der Waals surface area contributed by atoms with Crippen LogP contribution < -0.4 is 15.5 Å². The second kappa shape index (κ2) is 11.5. The van der Waals surface area contributed by atoms with Crippen LogP contribution in [0.4, 0.5) is 17.7 Å². The number of piperidine rings is 1. The summed E-state index contributed by atoms with van der Waals surface area (Å²) in [6.45, 7) is 10.8. The SMILES string of the molecule is C=C(C)/C=C(\C=C/C)Nc1nc2nc(NCCCc3ccccc3)nc(N3CCCCC3)c2[nH]1. The van der Waals surface area contributed by atoms with Crippen molar-refractivity contribution in [2.24, 2.45) is 0 Å². The molecule has 1 aliphatic rings. The van der Waals surface area contributed by atoms with Crippen molar-refractivity contribution < 1.29 is 0 Å². The number of imidazole rings is 1. The average molecular weight is 458 g/mol. The highest BCUT2D eigenvalue weighted by atomic mass is 15.3. The molecule has 0 saturated carbocycles. The van der Waals surface area contributed by atoms with Crippen LogP contribution in [-0.2, 0) is 6.42 Å². The maximum atomic E-state index is 4.91. The number of benzene rings is 1. The summed E-state index contributed by atoms with van der Waals surface area (Å²) >= 11 is 0. The van der Waals surface area contributed by atoms with Gasteiger partial charge >= 0.3 is 0 Å². The molecule has 7 nitrogen and oxygen atoms in total. The molecule has 3 aromatic rings. The van der Waals surface area contributed by atoms with E-state index in [9.17, 15) is 0 Å². The zero-order valence-corrected chi connectivity index (χ0v) is 20.3. The topological polar surface area (TPSA) is 81.8 Å². The number of rotatable bonds is 10. The molecule has 0 radical (unpaired) electrons. The molecule has 7 heteroatoms. The molecule has 0 unspecified atom stereocenters. The summed E-state index contributed by atoms with van der Waals surface area (Å²) in [6, 6.07) is 10.6. The third-order valence-electron chi connectivity index (χ3n) is 5.77. The van der Waals surface area contributed by atoms with Crippen LogP contribution in [0, 0.1) is 0 Å². The van der Waals surface area contributed by atoms with Gasteiger partial charge in [-0.3, -0.25) is 0 Å². The van der Waals surface area contributed by atoms with E-state index < -0.39 is 0 Å². The number of nitrogens with one attached hydrogen (secondary N) is 3. The number of aromatic nitrogens is 4. The summed E-state index contributed by atoms with van der Waals surface area (Å²) in [5.41, 5.74) is 4.76. The van der Waals surface area contributed by atoms with Crippen LogP contribution >= 0.6 is 0 Å². The van der Waals surface area contributed by atoms with Crippen LogP contribution in [0.5, 0.6) is 0 Å². The van der Waals surface area contributed by atoms with Gasteiger partial charge in [0.2, 0.25) is 11.9 Å². The van der Waals surface area contributed by atoms with Crippen molar-refractivity contribution in [3.63, 3.8) is 0 Å². The van der Waals surface area contributed by atoms with E-state index in [1.807, 2.05) is 32.1 Å². The standard InChI is InChI=1S/C27H35N7/c1-4-12-22(19-20(2)3)29-27-30-23-24(32-27)31-26(33-25(23)34-17-9-6-10-18-34)28-16-11-15-21-13-7-5-8-14-21/h4-5,7-8,12-14,19H,2,6,9-11,15-18H2,1,3H3,(H3,28,29,30,31,32,33)/b12-4-,22-19+. The lowest BCUT2D eigenvalue weighted by Gasteiger charge is -2.28. The Bertz CT molecular complexity index is 1150. The van der Waals surface area contributed by atoms with E-state index in [0.29, 0.717) is 17.5 Å². The summed E-state index contributed by atoms with van der Waals surface area (Å²) in [6.07, 6.45) is 11.6. The molecule has 1 fully saturated rings. The predicted molar refractivity (Wildman–Crippen MR) is 142 cm³/mol. The predicted octanol–water partition coefficient (Wildman–Crippen LogP) is 5.84. The molecule has 0 bridgehead atoms. The van der Waals surface area contributed by atoms with E-state index in [0.717, 1.165) is 55.1 Å². The molecule has 178 valence electrons. The smallest absolute Gasteiger partial charge is 0.226 e. The van der Waals surface area contributed by atoms with Gasteiger partial charge in [0.05, 0.1) is 0 Å². The Labute approximate surface area is 202 Å². The number of fused-ring (bicyclic) bond motifs is 1. The monoisotopic (exact) mass is 457 g/mol.